The number of nitrogens with one attached hydrogen (secondary N) is 1. The van der Waals surface area contributed by atoms with Crippen LogP contribution < -0.4 is 11.1 Å². The van der Waals surface area contributed by atoms with E-state index in [1.54, 1.807) is 0 Å². The van der Waals surface area contributed by atoms with E-state index >= 15 is 0 Å². The molecular weight excluding hydrogens is 238 g/mol. The first kappa shape index (κ1) is 16.4. The van der Waals surface area contributed by atoms with E-state index in [0.717, 1.165) is 32.4 Å². The number of hydrogen-bond donors (Lipinski definition) is 2. The van der Waals surface area contributed by atoms with E-state index in [2.05, 4.69) is 31.0 Å². The van der Waals surface area contributed by atoms with Crippen molar-refractivity contribution in [3.05, 3.63) is 0 Å². The van der Waals surface area contributed by atoms with Crippen LogP contribution in [0.1, 0.15) is 59.8 Å². The maximum Gasteiger partial charge on any atom is 0.237 e. The van der Waals surface area contributed by atoms with Gasteiger partial charge in [0.2, 0.25) is 5.91 Å². The van der Waals surface area contributed by atoms with Gasteiger partial charge in [0.15, 0.2) is 0 Å². The zero-order valence-electron chi connectivity index (χ0n) is 13.0. The Morgan fingerprint density at radius 2 is 1.89 bits per heavy atom. The molecule has 1 aliphatic rings. The predicted octanol–water partition coefficient (Wildman–Crippen LogP) is 1.88. The molecule has 1 rings (SSSR count). The molecule has 1 saturated carbocycles. The van der Waals surface area contributed by atoms with Crippen molar-refractivity contribution in [1.82, 2.24) is 10.2 Å². The van der Waals surface area contributed by atoms with Gasteiger partial charge in [0.05, 0.1) is 5.54 Å². The minimum Gasteiger partial charge on any atom is -0.368 e. The molecule has 0 aromatic carbocycles. The molecule has 3 N–H and O–H groups in total. The third-order valence-electron chi connectivity index (χ3n) is 3.99. The van der Waals surface area contributed by atoms with Crippen molar-refractivity contribution in [3.8, 4) is 0 Å². The van der Waals surface area contributed by atoms with Gasteiger partial charge in [-0.3, -0.25) is 4.79 Å². The molecule has 0 bridgehead atoms. The van der Waals surface area contributed by atoms with E-state index in [4.69, 9.17) is 5.73 Å². The number of nitrogens with zero attached hydrogens (tertiary/aromatic N) is 1. The molecule has 0 aliphatic heterocycles. The van der Waals surface area contributed by atoms with E-state index in [1.165, 1.54) is 12.8 Å². The predicted molar refractivity (Wildman–Crippen MR) is 80.0 cm³/mol. The normalized spacial score (nSPS) is 20.3. The van der Waals surface area contributed by atoms with Crippen molar-refractivity contribution in [2.45, 2.75) is 77.4 Å². The molecule has 112 valence electrons. The molecule has 0 aromatic heterocycles. The van der Waals surface area contributed by atoms with Gasteiger partial charge in [0.25, 0.3) is 0 Å². The van der Waals surface area contributed by atoms with Crippen molar-refractivity contribution in [1.29, 1.82) is 0 Å². The van der Waals surface area contributed by atoms with Gasteiger partial charge in [0.1, 0.15) is 0 Å². The largest absolute Gasteiger partial charge is 0.368 e. The Kier molecular flexibility index (Phi) is 6.27. The highest BCUT2D eigenvalue weighted by Crippen LogP contribution is 2.25. The second-order valence-corrected chi connectivity index (χ2v) is 6.20. The quantitative estimate of drug-likeness (QED) is 0.636. The van der Waals surface area contributed by atoms with Crippen LogP contribution in [-0.2, 0) is 4.79 Å². The van der Waals surface area contributed by atoms with E-state index in [1.807, 2.05) is 6.92 Å². The first-order chi connectivity index (χ1) is 8.92. The van der Waals surface area contributed by atoms with Crippen LogP contribution in [0.25, 0.3) is 0 Å². The van der Waals surface area contributed by atoms with Crippen LogP contribution in [0, 0.1) is 0 Å². The van der Waals surface area contributed by atoms with Crippen molar-refractivity contribution >= 4 is 5.91 Å². The van der Waals surface area contributed by atoms with Crippen LogP contribution >= 0.6 is 0 Å². The Labute approximate surface area is 118 Å². The average molecular weight is 269 g/mol. The Morgan fingerprint density at radius 1 is 1.37 bits per heavy atom. The zero-order chi connectivity index (χ0) is 14.5. The number of nitrogens with two attached hydrogens (primary N) is 1. The van der Waals surface area contributed by atoms with Crippen LogP contribution in [0.2, 0.25) is 0 Å². The van der Waals surface area contributed by atoms with Crippen LogP contribution in [0.4, 0.5) is 0 Å². The van der Waals surface area contributed by atoms with Crippen molar-refractivity contribution in [3.63, 3.8) is 0 Å². The van der Waals surface area contributed by atoms with Crippen LogP contribution in [-0.4, -0.2) is 41.5 Å². The van der Waals surface area contributed by atoms with Crippen molar-refractivity contribution in [2.75, 3.05) is 13.1 Å². The van der Waals surface area contributed by atoms with Gasteiger partial charge >= 0.3 is 0 Å². The lowest BCUT2D eigenvalue weighted by molar-refractivity contribution is -0.124. The monoisotopic (exact) mass is 269 g/mol. The third kappa shape index (κ3) is 5.11. The zero-order valence-corrected chi connectivity index (χ0v) is 13.0. The van der Waals surface area contributed by atoms with Gasteiger partial charge in [-0.1, -0.05) is 13.8 Å². The topological polar surface area (TPSA) is 58.4 Å². The summed E-state index contributed by atoms with van der Waals surface area (Å²) in [7, 11) is 0. The summed E-state index contributed by atoms with van der Waals surface area (Å²) in [6, 6.07) is 0.874. The van der Waals surface area contributed by atoms with Crippen LogP contribution in [0.15, 0.2) is 0 Å². The molecule has 2 unspecified atom stereocenters. The molecule has 0 saturated heterocycles. The minimum absolute atomic E-state index is 0.223. The van der Waals surface area contributed by atoms with E-state index in [0.29, 0.717) is 12.1 Å². The maximum atomic E-state index is 11.8. The van der Waals surface area contributed by atoms with E-state index in [9.17, 15) is 4.79 Å². The molecule has 0 spiro atoms. The van der Waals surface area contributed by atoms with E-state index in [-0.39, 0.29) is 5.91 Å². The fourth-order valence-corrected chi connectivity index (χ4v) is 2.76. The highest BCUT2D eigenvalue weighted by molar-refractivity contribution is 5.84. The number of amides is 1. The van der Waals surface area contributed by atoms with Gasteiger partial charge in [-0.25, -0.2) is 0 Å². The van der Waals surface area contributed by atoms with Gasteiger partial charge < -0.3 is 16.0 Å². The average Bonchev–Trinajstić information content (AvgIpc) is 3.12. The molecule has 1 fully saturated rings. The molecule has 1 aliphatic carbocycles. The van der Waals surface area contributed by atoms with Gasteiger partial charge in [-0.05, 0) is 59.0 Å². The van der Waals surface area contributed by atoms with E-state index < -0.39 is 5.54 Å². The summed E-state index contributed by atoms with van der Waals surface area (Å²) in [6.45, 7) is 10.7. The lowest BCUT2D eigenvalue weighted by Gasteiger charge is -2.36. The number of rotatable bonds is 10. The first-order valence-electron chi connectivity index (χ1n) is 7.74. The fraction of sp³-hybridized carbons (Fsp3) is 0.933. The third-order valence-corrected chi connectivity index (χ3v) is 3.99. The second-order valence-electron chi connectivity index (χ2n) is 6.20. The second kappa shape index (κ2) is 7.25. The summed E-state index contributed by atoms with van der Waals surface area (Å²) < 4.78 is 0. The molecule has 2 atom stereocenters. The molecule has 0 aromatic rings. The minimum atomic E-state index is -0.569. The summed E-state index contributed by atoms with van der Waals surface area (Å²) in [5.74, 6) is -0.223. The Balaban J connectivity index is 2.62. The first-order valence-corrected chi connectivity index (χ1v) is 7.74. The summed E-state index contributed by atoms with van der Waals surface area (Å²) >= 11 is 0. The van der Waals surface area contributed by atoms with Gasteiger partial charge in [-0.2, -0.15) is 0 Å². The molecule has 19 heavy (non-hydrogen) atoms. The molecule has 4 nitrogen and oxygen atoms in total. The standard InChI is InChI=1S/C15H31N3O/c1-5-9-18(10-6-2)12(3)11-15(4,14(16)19)17-13-7-8-13/h12-13,17H,5-11H2,1-4H3,(H2,16,19). The van der Waals surface area contributed by atoms with Gasteiger partial charge in [-0.15, -0.1) is 0 Å². The smallest absolute Gasteiger partial charge is 0.237 e. The number of primary amides is 1. The highest BCUT2D eigenvalue weighted by atomic mass is 16.1. The molecule has 0 radical (unpaired) electrons. The summed E-state index contributed by atoms with van der Waals surface area (Å²) in [5, 5.41) is 3.44. The Bertz CT molecular complexity index is 285. The summed E-state index contributed by atoms with van der Waals surface area (Å²) in [4.78, 5) is 14.3. The lowest BCUT2D eigenvalue weighted by Crippen LogP contribution is -2.57. The molecule has 1 amide bonds. The van der Waals surface area contributed by atoms with Crippen LogP contribution in [0.5, 0.6) is 0 Å². The number of hydrogen-bond acceptors (Lipinski definition) is 3. The fourth-order valence-electron chi connectivity index (χ4n) is 2.76. The van der Waals surface area contributed by atoms with Crippen molar-refractivity contribution < 1.29 is 4.79 Å². The number of carbonyl (C=O) groups excluding carboxylic acids is 1. The Morgan fingerprint density at radius 3 is 2.26 bits per heavy atom. The van der Waals surface area contributed by atoms with Crippen molar-refractivity contribution in [2.24, 2.45) is 5.73 Å². The SMILES string of the molecule is CCCN(CCC)C(C)CC(C)(NC1CC1)C(N)=O. The summed E-state index contributed by atoms with van der Waals surface area (Å²) in [6.07, 6.45) is 5.43. The van der Waals surface area contributed by atoms with Crippen LogP contribution in [0.3, 0.4) is 0 Å². The lowest BCUT2D eigenvalue weighted by atomic mass is 9.91. The Hall–Kier alpha value is -0.610. The maximum absolute atomic E-state index is 11.8. The molecule has 4 heteroatoms. The molecule has 0 heterocycles. The number of carbonyl (C=O) groups is 1. The highest BCUT2D eigenvalue weighted by Gasteiger charge is 2.38. The summed E-state index contributed by atoms with van der Waals surface area (Å²) in [5.41, 5.74) is 5.05. The molecular formula is C15H31N3O. The van der Waals surface area contributed by atoms with Gasteiger partial charge in [0, 0.05) is 12.1 Å².